The zero-order valence-electron chi connectivity index (χ0n) is 17.9. The van der Waals surface area contributed by atoms with E-state index in [0.29, 0.717) is 18.8 Å². The van der Waals surface area contributed by atoms with Crippen LogP contribution in [0.3, 0.4) is 0 Å². The zero-order chi connectivity index (χ0) is 22.1. The highest BCUT2D eigenvalue weighted by Crippen LogP contribution is 2.38. The molecule has 1 unspecified atom stereocenters. The van der Waals surface area contributed by atoms with Crippen molar-refractivity contribution < 1.29 is 18.3 Å². The molecule has 0 fully saturated rings. The molecule has 2 heterocycles. The number of rotatable bonds is 7. The van der Waals surface area contributed by atoms with Crippen molar-refractivity contribution in [2.75, 3.05) is 33.3 Å². The van der Waals surface area contributed by atoms with E-state index in [2.05, 4.69) is 18.7 Å². The summed E-state index contributed by atoms with van der Waals surface area (Å²) in [5, 5.41) is 0.130. The lowest BCUT2D eigenvalue weighted by atomic mass is 9.98. The molecular formula is C24H25FN2O4. The van der Waals surface area contributed by atoms with Gasteiger partial charge in [-0.05, 0) is 49.0 Å². The molecule has 4 rings (SSSR count). The van der Waals surface area contributed by atoms with Gasteiger partial charge in [0.25, 0.3) is 5.91 Å². The Balaban J connectivity index is 1.89. The molecular weight excluding hydrogens is 399 g/mol. The van der Waals surface area contributed by atoms with Gasteiger partial charge in [-0.2, -0.15) is 0 Å². The Morgan fingerprint density at radius 3 is 2.61 bits per heavy atom. The first-order valence-corrected chi connectivity index (χ1v) is 10.4. The fraction of sp³-hybridized carbons (Fsp3) is 0.333. The molecule has 0 saturated heterocycles. The molecule has 0 radical (unpaired) electrons. The number of carbonyl (C=O) groups is 1. The van der Waals surface area contributed by atoms with Gasteiger partial charge in [-0.25, -0.2) is 4.39 Å². The summed E-state index contributed by atoms with van der Waals surface area (Å²) in [5.74, 6) is -0.214. The second kappa shape index (κ2) is 8.51. The summed E-state index contributed by atoms with van der Waals surface area (Å²) in [6.07, 6.45) is 0. The molecule has 162 valence electrons. The smallest absolute Gasteiger partial charge is 0.290 e. The predicted molar refractivity (Wildman–Crippen MR) is 116 cm³/mol. The van der Waals surface area contributed by atoms with E-state index in [-0.39, 0.29) is 33.6 Å². The Morgan fingerprint density at radius 1 is 1.13 bits per heavy atom. The third-order valence-electron chi connectivity index (χ3n) is 5.89. The van der Waals surface area contributed by atoms with E-state index in [4.69, 9.17) is 9.15 Å². The number of hydrogen-bond donors (Lipinski definition) is 0. The van der Waals surface area contributed by atoms with Crippen molar-refractivity contribution in [2.24, 2.45) is 0 Å². The Labute approximate surface area is 179 Å². The van der Waals surface area contributed by atoms with Crippen molar-refractivity contribution in [2.45, 2.75) is 19.9 Å². The number of nitrogens with zero attached hydrogens (tertiary/aromatic N) is 2. The first kappa shape index (κ1) is 21.1. The van der Waals surface area contributed by atoms with Gasteiger partial charge in [-0.1, -0.05) is 26.0 Å². The number of hydrogen-bond acceptors (Lipinski definition) is 5. The average molecular weight is 424 g/mol. The highest BCUT2D eigenvalue weighted by atomic mass is 19.1. The number of fused-ring (bicyclic) bond motifs is 2. The molecule has 0 bridgehead atoms. The molecule has 1 aliphatic rings. The van der Waals surface area contributed by atoms with Crippen LogP contribution in [-0.4, -0.2) is 49.0 Å². The molecule has 3 aromatic rings. The number of carbonyl (C=O) groups excluding carboxylic acids is 1. The lowest BCUT2D eigenvalue weighted by molar-refractivity contribution is 0.0708. The molecule has 1 aromatic heterocycles. The summed E-state index contributed by atoms with van der Waals surface area (Å²) >= 11 is 0. The molecule has 0 aliphatic carbocycles. The lowest BCUT2D eigenvalue weighted by Crippen LogP contribution is -2.37. The maximum absolute atomic E-state index is 13.8. The lowest BCUT2D eigenvalue weighted by Gasteiger charge is -2.28. The van der Waals surface area contributed by atoms with E-state index in [9.17, 15) is 14.0 Å². The summed E-state index contributed by atoms with van der Waals surface area (Å²) in [5.41, 5.74) is 0.806. The minimum atomic E-state index is -0.628. The van der Waals surface area contributed by atoms with Crippen molar-refractivity contribution in [3.8, 4) is 5.75 Å². The van der Waals surface area contributed by atoms with Crippen LogP contribution in [0.2, 0.25) is 0 Å². The van der Waals surface area contributed by atoms with Crippen LogP contribution in [0.4, 0.5) is 4.39 Å². The van der Waals surface area contributed by atoms with Crippen LogP contribution in [0.5, 0.6) is 5.75 Å². The highest BCUT2D eigenvalue weighted by molar-refractivity contribution is 5.99. The van der Waals surface area contributed by atoms with Crippen molar-refractivity contribution in [3.63, 3.8) is 0 Å². The van der Waals surface area contributed by atoms with Crippen molar-refractivity contribution in [1.29, 1.82) is 0 Å². The summed E-state index contributed by atoms with van der Waals surface area (Å²) in [6, 6.07) is 10.4. The Morgan fingerprint density at radius 2 is 1.90 bits per heavy atom. The topological polar surface area (TPSA) is 63.0 Å². The molecule has 0 spiro atoms. The van der Waals surface area contributed by atoms with Gasteiger partial charge in [0, 0.05) is 13.1 Å². The van der Waals surface area contributed by atoms with Crippen molar-refractivity contribution in [3.05, 3.63) is 75.4 Å². The SMILES string of the molecule is CCN(CC)CCN1C(=O)c2oc3ccc(F)cc3c(=O)c2C1c1cccc(OC)c1. The fourth-order valence-electron chi connectivity index (χ4n) is 4.17. The third kappa shape index (κ3) is 3.70. The maximum atomic E-state index is 13.8. The Bertz CT molecular complexity index is 1190. The zero-order valence-corrected chi connectivity index (χ0v) is 17.9. The van der Waals surface area contributed by atoms with Crippen LogP contribution < -0.4 is 10.2 Å². The van der Waals surface area contributed by atoms with Crippen LogP contribution >= 0.6 is 0 Å². The van der Waals surface area contributed by atoms with E-state index in [1.807, 2.05) is 18.2 Å². The number of amides is 1. The molecule has 31 heavy (non-hydrogen) atoms. The molecule has 1 atom stereocenters. The predicted octanol–water partition coefficient (Wildman–Crippen LogP) is 3.83. The van der Waals surface area contributed by atoms with Gasteiger partial charge < -0.3 is 19.0 Å². The number of methoxy groups -OCH3 is 1. The number of benzene rings is 2. The van der Waals surface area contributed by atoms with Gasteiger partial charge in [0.15, 0.2) is 5.43 Å². The summed E-state index contributed by atoms with van der Waals surface area (Å²) in [6.45, 7) is 6.93. The molecule has 1 aliphatic heterocycles. The quantitative estimate of drug-likeness (QED) is 0.577. The van der Waals surface area contributed by atoms with Gasteiger partial charge in [0.2, 0.25) is 5.76 Å². The second-order valence-corrected chi connectivity index (χ2v) is 7.52. The summed E-state index contributed by atoms with van der Waals surface area (Å²) in [4.78, 5) is 30.6. The first-order valence-electron chi connectivity index (χ1n) is 10.4. The monoisotopic (exact) mass is 424 g/mol. The van der Waals surface area contributed by atoms with Crippen LogP contribution in [0.1, 0.15) is 41.6 Å². The van der Waals surface area contributed by atoms with E-state index < -0.39 is 11.9 Å². The molecule has 0 N–H and O–H groups in total. The molecule has 0 saturated carbocycles. The number of likely N-dealkylation sites (N-methyl/N-ethyl adjacent to an activating group) is 1. The summed E-state index contributed by atoms with van der Waals surface area (Å²) in [7, 11) is 1.57. The van der Waals surface area contributed by atoms with Gasteiger partial charge in [0.05, 0.1) is 24.1 Å². The van der Waals surface area contributed by atoms with E-state index >= 15 is 0 Å². The first-order chi connectivity index (χ1) is 15.0. The van der Waals surface area contributed by atoms with Gasteiger partial charge in [-0.15, -0.1) is 0 Å². The average Bonchev–Trinajstić information content (AvgIpc) is 3.07. The van der Waals surface area contributed by atoms with E-state index in [1.165, 1.54) is 12.1 Å². The van der Waals surface area contributed by atoms with Crippen LogP contribution in [0.25, 0.3) is 11.0 Å². The Kier molecular flexibility index (Phi) is 5.78. The van der Waals surface area contributed by atoms with Crippen molar-refractivity contribution in [1.82, 2.24) is 9.80 Å². The van der Waals surface area contributed by atoms with Gasteiger partial charge in [-0.3, -0.25) is 9.59 Å². The molecule has 2 aromatic carbocycles. The standard InChI is InChI=1S/C24H25FN2O4/c1-4-26(5-2)11-12-27-21(15-7-6-8-17(13-15)30-3)20-22(28)18-14-16(25)9-10-19(18)31-23(20)24(27)29/h6-10,13-14,21H,4-5,11-12H2,1-3H3. The minimum absolute atomic E-state index is 0.0245. The van der Waals surface area contributed by atoms with Crippen molar-refractivity contribution >= 4 is 16.9 Å². The normalized spacial score (nSPS) is 15.7. The number of ether oxygens (including phenoxy) is 1. The van der Waals surface area contributed by atoms with Crippen LogP contribution in [0, 0.1) is 5.82 Å². The largest absolute Gasteiger partial charge is 0.497 e. The highest BCUT2D eigenvalue weighted by Gasteiger charge is 2.42. The fourth-order valence-corrected chi connectivity index (χ4v) is 4.17. The van der Waals surface area contributed by atoms with Crippen LogP contribution in [0.15, 0.2) is 51.7 Å². The molecule has 6 nitrogen and oxygen atoms in total. The molecule has 7 heteroatoms. The number of halogens is 1. The van der Waals surface area contributed by atoms with Crippen LogP contribution in [-0.2, 0) is 0 Å². The minimum Gasteiger partial charge on any atom is -0.497 e. The van der Waals surface area contributed by atoms with Gasteiger partial charge in [0.1, 0.15) is 17.1 Å². The molecule has 1 amide bonds. The van der Waals surface area contributed by atoms with E-state index in [0.717, 1.165) is 24.7 Å². The maximum Gasteiger partial charge on any atom is 0.290 e. The summed E-state index contributed by atoms with van der Waals surface area (Å²) < 4.78 is 25.0. The van der Waals surface area contributed by atoms with E-state index in [1.54, 1.807) is 18.1 Å². The van der Waals surface area contributed by atoms with Gasteiger partial charge >= 0.3 is 0 Å². The third-order valence-corrected chi connectivity index (χ3v) is 5.89. The second-order valence-electron chi connectivity index (χ2n) is 7.52. The Hall–Kier alpha value is -3.19.